The van der Waals surface area contributed by atoms with E-state index in [4.69, 9.17) is 18.9 Å². The van der Waals surface area contributed by atoms with E-state index in [1.807, 2.05) is 27.7 Å². The fraction of sp³-hybridized carbons (Fsp3) is 0.800. The zero-order chi connectivity index (χ0) is 18.5. The van der Waals surface area contributed by atoms with Gasteiger partial charge in [0.25, 0.3) is 0 Å². The van der Waals surface area contributed by atoms with Crippen LogP contribution in [0.5, 0.6) is 0 Å². The van der Waals surface area contributed by atoms with Crippen LogP contribution in [0, 0.1) is 0 Å². The maximum atomic E-state index is 5.79. The minimum atomic E-state index is -0.290. The molecule has 0 aromatic heterocycles. The van der Waals surface area contributed by atoms with Crippen molar-refractivity contribution < 1.29 is 18.9 Å². The molecule has 0 atom stereocenters. The van der Waals surface area contributed by atoms with E-state index >= 15 is 0 Å². The van der Waals surface area contributed by atoms with Gasteiger partial charge in [-0.05, 0) is 76.7 Å². The van der Waals surface area contributed by atoms with E-state index in [0.717, 1.165) is 24.0 Å². The Bertz CT molecular complexity index is 348. The third kappa shape index (κ3) is 7.06. The molecule has 0 aliphatic heterocycles. The maximum Gasteiger partial charge on any atom is 0.180 e. The lowest BCUT2D eigenvalue weighted by molar-refractivity contribution is -0.113. The van der Waals surface area contributed by atoms with Crippen molar-refractivity contribution in [1.29, 1.82) is 0 Å². The summed E-state index contributed by atoms with van der Waals surface area (Å²) in [5.74, 6) is 0. The molecule has 0 rings (SSSR count). The number of ether oxygens (including phenoxy) is 4. The van der Waals surface area contributed by atoms with Gasteiger partial charge >= 0.3 is 0 Å². The van der Waals surface area contributed by atoms with Crippen LogP contribution in [0.3, 0.4) is 0 Å². The van der Waals surface area contributed by atoms with Crippen LogP contribution in [0.4, 0.5) is 0 Å². The van der Waals surface area contributed by atoms with Gasteiger partial charge in [-0.2, -0.15) is 0 Å². The Kier molecular flexibility index (Phi) is 13.2. The highest BCUT2D eigenvalue weighted by atomic mass is 16.7. The number of allylic oxidation sites excluding steroid dienone is 2. The standard InChI is InChI=1S/C20H38O4/c1-9-17(15(7)19(21-11-3)22-12-4)18(10-2)16(8)20(23-13-5)24-14-6/h19-20H,9-14H2,1-8H3. The van der Waals surface area contributed by atoms with Crippen molar-refractivity contribution in [3.05, 3.63) is 22.3 Å². The Morgan fingerprint density at radius 2 is 0.792 bits per heavy atom. The largest absolute Gasteiger partial charge is 0.349 e. The summed E-state index contributed by atoms with van der Waals surface area (Å²) in [6.07, 6.45) is 1.27. The molecule has 0 fully saturated rings. The molecule has 0 aromatic rings. The van der Waals surface area contributed by atoms with Crippen molar-refractivity contribution in [3.63, 3.8) is 0 Å². The second-order valence-corrected chi connectivity index (χ2v) is 5.52. The Morgan fingerprint density at radius 1 is 0.542 bits per heavy atom. The summed E-state index contributed by atoms with van der Waals surface area (Å²) in [5, 5.41) is 0. The first-order valence-corrected chi connectivity index (χ1v) is 9.37. The second kappa shape index (κ2) is 13.6. The minimum absolute atomic E-state index is 0.290. The highest BCUT2D eigenvalue weighted by molar-refractivity contribution is 5.39. The van der Waals surface area contributed by atoms with Gasteiger partial charge in [0.15, 0.2) is 12.6 Å². The third-order valence-corrected chi connectivity index (χ3v) is 4.00. The Balaban J connectivity index is 5.89. The Morgan fingerprint density at radius 3 is 0.958 bits per heavy atom. The van der Waals surface area contributed by atoms with E-state index in [0.29, 0.717) is 26.4 Å². The van der Waals surface area contributed by atoms with Crippen LogP contribution in [0.15, 0.2) is 22.3 Å². The van der Waals surface area contributed by atoms with Crippen molar-refractivity contribution in [2.45, 2.75) is 80.8 Å². The monoisotopic (exact) mass is 342 g/mol. The van der Waals surface area contributed by atoms with Gasteiger partial charge in [-0.15, -0.1) is 0 Å². The summed E-state index contributed by atoms with van der Waals surface area (Å²) in [4.78, 5) is 0. The van der Waals surface area contributed by atoms with Crippen LogP contribution < -0.4 is 0 Å². The predicted octanol–water partition coefficient (Wildman–Crippen LogP) is 5.24. The summed E-state index contributed by atoms with van der Waals surface area (Å²) in [6, 6.07) is 0. The van der Waals surface area contributed by atoms with Crippen LogP contribution in [0.1, 0.15) is 68.2 Å². The number of hydrogen-bond acceptors (Lipinski definition) is 4. The number of rotatable bonds is 13. The highest BCUT2D eigenvalue weighted by Crippen LogP contribution is 2.29. The Labute approximate surface area is 149 Å². The van der Waals surface area contributed by atoms with Crippen molar-refractivity contribution in [1.82, 2.24) is 0 Å². The van der Waals surface area contributed by atoms with Crippen molar-refractivity contribution in [2.24, 2.45) is 0 Å². The lowest BCUT2D eigenvalue weighted by atomic mass is 9.92. The second-order valence-electron chi connectivity index (χ2n) is 5.52. The van der Waals surface area contributed by atoms with Gasteiger partial charge < -0.3 is 18.9 Å². The minimum Gasteiger partial charge on any atom is -0.349 e. The van der Waals surface area contributed by atoms with Crippen molar-refractivity contribution in [3.8, 4) is 0 Å². The van der Waals surface area contributed by atoms with Crippen LogP contribution in [-0.2, 0) is 18.9 Å². The molecule has 0 aliphatic rings. The molecular weight excluding hydrogens is 304 g/mol. The molecule has 0 radical (unpaired) electrons. The molecule has 0 aromatic carbocycles. The topological polar surface area (TPSA) is 36.9 Å². The van der Waals surface area contributed by atoms with Gasteiger partial charge in [0, 0.05) is 26.4 Å². The SMILES string of the molecule is CCOC(OCC)C(C)=C(CC)C(CC)=C(C)C(OCC)OCC. The zero-order valence-corrected chi connectivity index (χ0v) is 17.0. The van der Waals surface area contributed by atoms with Crippen LogP contribution >= 0.6 is 0 Å². The number of hydrogen-bond donors (Lipinski definition) is 0. The smallest absolute Gasteiger partial charge is 0.180 e. The molecular formula is C20H38O4. The van der Waals surface area contributed by atoms with Crippen LogP contribution in [-0.4, -0.2) is 39.0 Å². The summed E-state index contributed by atoms with van der Waals surface area (Å²) in [7, 11) is 0. The summed E-state index contributed by atoms with van der Waals surface area (Å²) < 4.78 is 23.2. The predicted molar refractivity (Wildman–Crippen MR) is 100 cm³/mol. The van der Waals surface area contributed by atoms with E-state index in [-0.39, 0.29) is 12.6 Å². The van der Waals surface area contributed by atoms with Crippen molar-refractivity contribution in [2.75, 3.05) is 26.4 Å². The van der Waals surface area contributed by atoms with E-state index in [2.05, 4.69) is 27.7 Å². The van der Waals surface area contributed by atoms with Gasteiger partial charge in [-0.3, -0.25) is 0 Å². The molecule has 0 N–H and O–H groups in total. The molecule has 4 heteroatoms. The van der Waals surface area contributed by atoms with Gasteiger partial charge in [0.2, 0.25) is 0 Å². The average Bonchev–Trinajstić information content (AvgIpc) is 2.58. The molecule has 4 nitrogen and oxygen atoms in total. The van der Waals surface area contributed by atoms with Gasteiger partial charge in [0.1, 0.15) is 0 Å². The van der Waals surface area contributed by atoms with Gasteiger partial charge in [0.05, 0.1) is 0 Å². The van der Waals surface area contributed by atoms with E-state index in [9.17, 15) is 0 Å². The fourth-order valence-electron chi connectivity index (χ4n) is 2.95. The molecule has 0 spiro atoms. The summed E-state index contributed by atoms with van der Waals surface area (Å²) in [6.45, 7) is 19.0. The first kappa shape index (κ1) is 23.3. The molecule has 0 saturated heterocycles. The third-order valence-electron chi connectivity index (χ3n) is 4.00. The van der Waals surface area contributed by atoms with Crippen LogP contribution in [0.25, 0.3) is 0 Å². The lowest BCUT2D eigenvalue weighted by Gasteiger charge is -2.26. The van der Waals surface area contributed by atoms with Crippen LogP contribution in [0.2, 0.25) is 0 Å². The first-order valence-electron chi connectivity index (χ1n) is 9.37. The van der Waals surface area contributed by atoms with E-state index in [1.165, 1.54) is 11.1 Å². The van der Waals surface area contributed by atoms with E-state index in [1.54, 1.807) is 0 Å². The quantitative estimate of drug-likeness (QED) is 0.339. The normalized spacial score (nSPS) is 14.2. The molecule has 0 aliphatic carbocycles. The fourth-order valence-corrected chi connectivity index (χ4v) is 2.95. The zero-order valence-electron chi connectivity index (χ0n) is 17.0. The molecule has 0 heterocycles. The first-order chi connectivity index (χ1) is 11.5. The molecule has 0 unspecified atom stereocenters. The molecule has 0 amide bonds. The lowest BCUT2D eigenvalue weighted by Crippen LogP contribution is -2.23. The molecule has 0 bridgehead atoms. The average molecular weight is 343 g/mol. The van der Waals surface area contributed by atoms with Crippen molar-refractivity contribution >= 4 is 0 Å². The molecule has 24 heavy (non-hydrogen) atoms. The summed E-state index contributed by atoms with van der Waals surface area (Å²) in [5.41, 5.74) is 4.85. The summed E-state index contributed by atoms with van der Waals surface area (Å²) >= 11 is 0. The maximum absolute atomic E-state index is 5.79. The van der Waals surface area contributed by atoms with Gasteiger partial charge in [-0.1, -0.05) is 13.8 Å². The molecule has 0 saturated carbocycles. The highest BCUT2D eigenvalue weighted by Gasteiger charge is 2.21. The molecule has 142 valence electrons. The Hall–Kier alpha value is -0.680. The van der Waals surface area contributed by atoms with E-state index < -0.39 is 0 Å². The van der Waals surface area contributed by atoms with Gasteiger partial charge in [-0.25, -0.2) is 0 Å².